The minimum absolute atomic E-state index is 0.138. The van der Waals surface area contributed by atoms with Gasteiger partial charge in [-0.2, -0.15) is 0 Å². The molecule has 0 aromatic rings. The van der Waals surface area contributed by atoms with Crippen LogP contribution in [0.2, 0.25) is 0 Å². The lowest BCUT2D eigenvalue weighted by Crippen LogP contribution is -2.59. The van der Waals surface area contributed by atoms with Crippen molar-refractivity contribution in [1.29, 1.82) is 0 Å². The fourth-order valence-electron chi connectivity index (χ4n) is 4.34. The molecule has 0 spiro atoms. The number of hydrogen-bond donors (Lipinski definition) is 1. The monoisotopic (exact) mass is 269 g/mol. The Bertz CT molecular complexity index is 299. The second-order valence-electron chi connectivity index (χ2n) is 6.58. The molecule has 3 unspecified atom stereocenters. The lowest BCUT2D eigenvalue weighted by molar-refractivity contribution is -0.144. The summed E-state index contributed by atoms with van der Waals surface area (Å²) in [6.07, 6.45) is 3.74. The summed E-state index contributed by atoms with van der Waals surface area (Å²) in [4.78, 5) is 13.9. The number of nitrogens with zero attached hydrogens (tertiary/aromatic N) is 1. The number of carboxylic acid groups (broad SMARTS) is 1. The molecule has 1 saturated carbocycles. The van der Waals surface area contributed by atoms with Gasteiger partial charge >= 0.3 is 5.97 Å². The van der Waals surface area contributed by atoms with Crippen LogP contribution < -0.4 is 0 Å². The summed E-state index contributed by atoms with van der Waals surface area (Å²) in [5, 5.41) is 9.43. The van der Waals surface area contributed by atoms with Crippen molar-refractivity contribution >= 4 is 5.97 Å². The first kappa shape index (κ1) is 16.5. The topological polar surface area (TPSA) is 40.5 Å². The van der Waals surface area contributed by atoms with Crippen LogP contribution >= 0.6 is 0 Å². The van der Waals surface area contributed by atoms with Crippen LogP contribution in [0.3, 0.4) is 0 Å². The van der Waals surface area contributed by atoms with E-state index in [-0.39, 0.29) is 5.54 Å². The lowest BCUT2D eigenvalue weighted by Gasteiger charge is -2.53. The molecule has 0 radical (unpaired) electrons. The van der Waals surface area contributed by atoms with Gasteiger partial charge in [0.15, 0.2) is 0 Å². The number of aliphatic carboxylic acids is 1. The molecule has 112 valence electrons. The third-order valence-corrected chi connectivity index (χ3v) is 5.02. The van der Waals surface area contributed by atoms with E-state index in [1.165, 1.54) is 12.8 Å². The Morgan fingerprint density at radius 2 is 1.89 bits per heavy atom. The molecule has 0 amide bonds. The highest BCUT2D eigenvalue weighted by Gasteiger charge is 2.48. The van der Waals surface area contributed by atoms with E-state index in [0.717, 1.165) is 19.5 Å². The third-order valence-electron chi connectivity index (χ3n) is 5.02. The molecule has 0 bridgehead atoms. The summed E-state index contributed by atoms with van der Waals surface area (Å²) in [6.45, 7) is 13.0. The minimum atomic E-state index is -0.647. The molecule has 1 N–H and O–H groups in total. The van der Waals surface area contributed by atoms with Crippen LogP contribution in [0.1, 0.15) is 60.3 Å². The second-order valence-corrected chi connectivity index (χ2v) is 6.58. The summed E-state index contributed by atoms with van der Waals surface area (Å²) >= 11 is 0. The highest BCUT2D eigenvalue weighted by atomic mass is 16.4. The van der Waals surface area contributed by atoms with Gasteiger partial charge in [-0.05, 0) is 43.7 Å². The summed E-state index contributed by atoms with van der Waals surface area (Å²) in [7, 11) is 0. The number of rotatable bonds is 6. The Labute approximate surface area is 118 Å². The molecular weight excluding hydrogens is 238 g/mol. The van der Waals surface area contributed by atoms with Gasteiger partial charge in [-0.25, -0.2) is 0 Å². The Hall–Kier alpha value is -0.570. The molecule has 19 heavy (non-hydrogen) atoms. The molecule has 3 heteroatoms. The Balaban J connectivity index is 3.16. The smallest absolute Gasteiger partial charge is 0.305 e. The van der Waals surface area contributed by atoms with E-state index in [1.807, 2.05) is 0 Å². The zero-order chi connectivity index (χ0) is 14.6. The summed E-state index contributed by atoms with van der Waals surface area (Å²) in [5.74, 6) is 1.04. The molecule has 0 aromatic carbocycles. The first-order chi connectivity index (χ1) is 8.87. The Morgan fingerprint density at radius 1 is 1.32 bits per heavy atom. The molecule has 3 atom stereocenters. The van der Waals surface area contributed by atoms with E-state index < -0.39 is 5.97 Å². The van der Waals surface area contributed by atoms with E-state index >= 15 is 0 Å². The van der Waals surface area contributed by atoms with Gasteiger partial charge in [-0.3, -0.25) is 9.69 Å². The van der Waals surface area contributed by atoms with Crippen LogP contribution in [0, 0.1) is 17.8 Å². The molecule has 3 nitrogen and oxygen atoms in total. The number of hydrogen-bond acceptors (Lipinski definition) is 2. The standard InChI is InChI=1S/C16H31NO2/c1-6-17(7-2)16(11-15(18)19)10-13(5)8-9-14(16)12(3)4/h12-14H,6-11H2,1-5H3,(H,18,19). The highest BCUT2D eigenvalue weighted by molar-refractivity contribution is 5.68. The predicted octanol–water partition coefficient (Wildman–Crippen LogP) is 3.63. The normalized spacial score (nSPS) is 31.9. The Morgan fingerprint density at radius 3 is 2.32 bits per heavy atom. The molecule has 1 aliphatic carbocycles. The maximum Gasteiger partial charge on any atom is 0.305 e. The van der Waals surface area contributed by atoms with Gasteiger partial charge in [0.25, 0.3) is 0 Å². The van der Waals surface area contributed by atoms with Crippen molar-refractivity contribution < 1.29 is 9.90 Å². The summed E-state index contributed by atoms with van der Waals surface area (Å²) in [5.41, 5.74) is -0.138. The fraction of sp³-hybridized carbons (Fsp3) is 0.938. The second kappa shape index (κ2) is 6.74. The minimum Gasteiger partial charge on any atom is -0.481 e. The van der Waals surface area contributed by atoms with Crippen LogP contribution in [-0.4, -0.2) is 34.6 Å². The van der Waals surface area contributed by atoms with Gasteiger partial charge in [-0.15, -0.1) is 0 Å². The van der Waals surface area contributed by atoms with Crippen LogP contribution in [0.4, 0.5) is 0 Å². The van der Waals surface area contributed by atoms with Crippen molar-refractivity contribution in [2.24, 2.45) is 17.8 Å². The van der Waals surface area contributed by atoms with Crippen molar-refractivity contribution in [3.63, 3.8) is 0 Å². The molecule has 1 aliphatic rings. The van der Waals surface area contributed by atoms with Crippen molar-refractivity contribution in [2.45, 2.75) is 65.8 Å². The van der Waals surface area contributed by atoms with Gasteiger partial charge < -0.3 is 5.11 Å². The van der Waals surface area contributed by atoms with Gasteiger partial charge in [0.05, 0.1) is 6.42 Å². The summed E-state index contributed by atoms with van der Waals surface area (Å²) < 4.78 is 0. The van der Waals surface area contributed by atoms with Crippen LogP contribution in [0.5, 0.6) is 0 Å². The van der Waals surface area contributed by atoms with Gasteiger partial charge in [0.1, 0.15) is 0 Å². The molecule has 0 aromatic heterocycles. The number of carbonyl (C=O) groups is 1. The van der Waals surface area contributed by atoms with Crippen LogP contribution in [0.15, 0.2) is 0 Å². The van der Waals surface area contributed by atoms with Crippen molar-refractivity contribution in [2.75, 3.05) is 13.1 Å². The van der Waals surface area contributed by atoms with Crippen molar-refractivity contribution in [3.8, 4) is 0 Å². The van der Waals surface area contributed by atoms with E-state index in [9.17, 15) is 9.90 Å². The Kier molecular flexibility index (Phi) is 5.84. The fourth-order valence-corrected chi connectivity index (χ4v) is 4.34. The van der Waals surface area contributed by atoms with Gasteiger partial charge in [0, 0.05) is 5.54 Å². The molecule has 0 heterocycles. The van der Waals surface area contributed by atoms with Gasteiger partial charge in [-0.1, -0.05) is 41.0 Å². The van der Waals surface area contributed by atoms with E-state index in [1.54, 1.807) is 0 Å². The zero-order valence-corrected chi connectivity index (χ0v) is 13.3. The number of carboxylic acids is 1. The predicted molar refractivity (Wildman–Crippen MR) is 79.2 cm³/mol. The van der Waals surface area contributed by atoms with E-state index in [4.69, 9.17) is 0 Å². The van der Waals surface area contributed by atoms with Crippen molar-refractivity contribution in [3.05, 3.63) is 0 Å². The molecule has 1 fully saturated rings. The molecular formula is C16H31NO2. The van der Waals surface area contributed by atoms with Gasteiger partial charge in [0.2, 0.25) is 0 Å². The summed E-state index contributed by atoms with van der Waals surface area (Å²) in [6, 6.07) is 0. The SMILES string of the molecule is CCN(CC)C1(CC(=O)O)CC(C)CCC1C(C)C. The van der Waals surface area contributed by atoms with E-state index in [2.05, 4.69) is 39.5 Å². The van der Waals surface area contributed by atoms with Crippen LogP contribution in [-0.2, 0) is 4.79 Å². The molecule has 0 aliphatic heterocycles. The maximum absolute atomic E-state index is 11.5. The zero-order valence-electron chi connectivity index (χ0n) is 13.3. The van der Waals surface area contributed by atoms with Crippen molar-refractivity contribution in [1.82, 2.24) is 4.90 Å². The average molecular weight is 269 g/mol. The molecule has 1 rings (SSSR count). The van der Waals surface area contributed by atoms with E-state index in [0.29, 0.717) is 24.2 Å². The first-order valence-corrected chi connectivity index (χ1v) is 7.84. The maximum atomic E-state index is 11.5. The van der Waals surface area contributed by atoms with Crippen LogP contribution in [0.25, 0.3) is 0 Å². The molecule has 0 saturated heterocycles. The third kappa shape index (κ3) is 3.50. The largest absolute Gasteiger partial charge is 0.481 e. The first-order valence-electron chi connectivity index (χ1n) is 7.84. The highest BCUT2D eigenvalue weighted by Crippen LogP contribution is 2.46. The lowest BCUT2D eigenvalue weighted by atomic mass is 9.62. The quantitative estimate of drug-likeness (QED) is 0.800. The average Bonchev–Trinajstić information content (AvgIpc) is 2.28.